The third-order valence-electron chi connectivity index (χ3n) is 2.78. The molecule has 0 radical (unpaired) electrons. The number of nitrogens with two attached hydrogens (primary N) is 1. The first-order chi connectivity index (χ1) is 8.09. The van der Waals surface area contributed by atoms with Crippen LogP contribution < -0.4 is 5.73 Å². The minimum Gasteiger partial charge on any atom is -0.373 e. The van der Waals surface area contributed by atoms with Gasteiger partial charge in [-0.3, -0.25) is 4.79 Å². The van der Waals surface area contributed by atoms with Gasteiger partial charge in [0.25, 0.3) is 5.91 Å². The second-order valence-electron chi connectivity index (χ2n) is 4.12. The van der Waals surface area contributed by atoms with Crippen LogP contribution >= 0.6 is 27.3 Å². The van der Waals surface area contributed by atoms with Gasteiger partial charge in [-0.25, -0.2) is 0 Å². The van der Waals surface area contributed by atoms with Crippen molar-refractivity contribution in [2.75, 3.05) is 19.7 Å². The molecular formula is C11H15BrN2O2S. The van der Waals surface area contributed by atoms with Crippen LogP contribution in [0.2, 0.25) is 0 Å². The third-order valence-corrected chi connectivity index (χ3v) is 4.60. The summed E-state index contributed by atoms with van der Waals surface area (Å²) < 4.78 is 6.40. The van der Waals surface area contributed by atoms with E-state index in [-0.39, 0.29) is 18.1 Å². The first kappa shape index (κ1) is 13.0. The Morgan fingerprint density at radius 2 is 2.53 bits per heavy atom. The van der Waals surface area contributed by atoms with E-state index in [1.54, 1.807) is 0 Å². The van der Waals surface area contributed by atoms with Crippen molar-refractivity contribution >= 4 is 33.2 Å². The van der Waals surface area contributed by atoms with Gasteiger partial charge in [0.2, 0.25) is 0 Å². The van der Waals surface area contributed by atoms with Gasteiger partial charge in [-0.05, 0) is 34.3 Å². The van der Waals surface area contributed by atoms with Gasteiger partial charge in [0, 0.05) is 23.6 Å². The number of hydrogen-bond donors (Lipinski definition) is 1. The van der Waals surface area contributed by atoms with Crippen molar-refractivity contribution in [1.29, 1.82) is 0 Å². The Kier molecular flexibility index (Phi) is 4.19. The van der Waals surface area contributed by atoms with Gasteiger partial charge in [-0.1, -0.05) is 0 Å². The second kappa shape index (κ2) is 5.48. The summed E-state index contributed by atoms with van der Waals surface area (Å²) in [6.07, 6.45) is -0.0635. The minimum atomic E-state index is -0.0635. The highest BCUT2D eigenvalue weighted by atomic mass is 79.9. The Morgan fingerprint density at radius 3 is 3.12 bits per heavy atom. The van der Waals surface area contributed by atoms with Crippen LogP contribution in [0.15, 0.2) is 15.9 Å². The smallest absolute Gasteiger partial charge is 0.265 e. The van der Waals surface area contributed by atoms with E-state index in [4.69, 9.17) is 10.5 Å². The highest BCUT2D eigenvalue weighted by Crippen LogP contribution is 2.25. The molecule has 2 heterocycles. The number of nitrogens with zero attached hydrogens (tertiary/aromatic N) is 1. The van der Waals surface area contributed by atoms with Crippen molar-refractivity contribution in [2.45, 2.75) is 19.1 Å². The number of morpholine rings is 1. The molecule has 0 unspecified atom stereocenters. The van der Waals surface area contributed by atoms with E-state index in [1.807, 2.05) is 23.3 Å². The first-order valence-electron chi connectivity index (χ1n) is 5.49. The molecule has 4 nitrogen and oxygen atoms in total. The maximum atomic E-state index is 12.3. The largest absolute Gasteiger partial charge is 0.373 e. The van der Waals surface area contributed by atoms with Crippen LogP contribution in [0.4, 0.5) is 0 Å². The fourth-order valence-corrected chi connectivity index (χ4v) is 3.28. The topological polar surface area (TPSA) is 55.6 Å². The SMILES string of the molecule is C[C@@H](N)[C@@H]1CN(C(=O)c2sccc2Br)CCO1. The van der Waals surface area contributed by atoms with Crippen molar-refractivity contribution in [3.05, 3.63) is 20.8 Å². The maximum Gasteiger partial charge on any atom is 0.265 e. The Labute approximate surface area is 113 Å². The molecule has 6 heteroatoms. The fourth-order valence-electron chi connectivity index (χ4n) is 1.77. The van der Waals surface area contributed by atoms with Crippen LogP contribution in [-0.4, -0.2) is 42.6 Å². The number of halogens is 1. The van der Waals surface area contributed by atoms with E-state index >= 15 is 0 Å². The molecule has 1 aromatic rings. The molecule has 1 fully saturated rings. The highest BCUT2D eigenvalue weighted by Gasteiger charge is 2.28. The number of carbonyl (C=O) groups excluding carboxylic acids is 1. The van der Waals surface area contributed by atoms with Crippen molar-refractivity contribution in [3.8, 4) is 0 Å². The van der Waals surface area contributed by atoms with E-state index < -0.39 is 0 Å². The summed E-state index contributed by atoms with van der Waals surface area (Å²) in [5, 5.41) is 1.90. The Bertz CT molecular complexity index is 408. The molecule has 0 aromatic carbocycles. The summed E-state index contributed by atoms with van der Waals surface area (Å²) in [4.78, 5) is 14.8. The van der Waals surface area contributed by atoms with Crippen LogP contribution in [0.25, 0.3) is 0 Å². The lowest BCUT2D eigenvalue weighted by molar-refractivity contribution is -0.0298. The number of ether oxygens (including phenoxy) is 1. The molecular weight excluding hydrogens is 304 g/mol. The summed E-state index contributed by atoms with van der Waals surface area (Å²) in [5.41, 5.74) is 5.81. The molecule has 17 heavy (non-hydrogen) atoms. The van der Waals surface area contributed by atoms with Gasteiger partial charge in [0.15, 0.2) is 0 Å². The molecule has 0 bridgehead atoms. The molecule has 1 aromatic heterocycles. The van der Waals surface area contributed by atoms with Gasteiger partial charge in [0.05, 0.1) is 12.7 Å². The van der Waals surface area contributed by atoms with E-state index in [1.165, 1.54) is 11.3 Å². The Balaban J connectivity index is 2.07. The molecule has 2 atom stereocenters. The molecule has 1 aliphatic heterocycles. The normalized spacial score (nSPS) is 22.5. The van der Waals surface area contributed by atoms with Crippen molar-refractivity contribution in [1.82, 2.24) is 4.90 Å². The first-order valence-corrected chi connectivity index (χ1v) is 7.16. The Hall–Kier alpha value is -0.430. The van der Waals surface area contributed by atoms with Crippen LogP contribution in [0.5, 0.6) is 0 Å². The van der Waals surface area contributed by atoms with E-state index in [2.05, 4.69) is 15.9 Å². The standard InChI is InChI=1S/C11H15BrN2O2S/c1-7(13)9-6-14(3-4-16-9)11(15)10-8(12)2-5-17-10/h2,5,7,9H,3-4,6,13H2,1H3/t7-,9+/m1/s1. The monoisotopic (exact) mass is 318 g/mol. The molecule has 0 saturated carbocycles. The zero-order valence-electron chi connectivity index (χ0n) is 9.56. The molecule has 2 rings (SSSR count). The lowest BCUT2D eigenvalue weighted by atomic mass is 10.1. The number of amides is 1. The van der Waals surface area contributed by atoms with Crippen LogP contribution in [0.3, 0.4) is 0 Å². The molecule has 0 aliphatic carbocycles. The molecule has 1 aliphatic rings. The molecule has 94 valence electrons. The third kappa shape index (κ3) is 2.88. The number of rotatable bonds is 2. The maximum absolute atomic E-state index is 12.3. The predicted octanol–water partition coefficient (Wildman–Crippen LogP) is 1.70. The summed E-state index contributed by atoms with van der Waals surface area (Å²) in [6, 6.07) is 1.83. The molecule has 2 N–H and O–H groups in total. The van der Waals surface area contributed by atoms with Crippen molar-refractivity contribution < 1.29 is 9.53 Å². The highest BCUT2D eigenvalue weighted by molar-refractivity contribution is 9.10. The van der Waals surface area contributed by atoms with Crippen molar-refractivity contribution in [3.63, 3.8) is 0 Å². The zero-order valence-corrected chi connectivity index (χ0v) is 12.0. The van der Waals surface area contributed by atoms with Gasteiger partial charge >= 0.3 is 0 Å². The molecule has 0 spiro atoms. The lowest BCUT2D eigenvalue weighted by Gasteiger charge is -2.34. The van der Waals surface area contributed by atoms with Gasteiger partial charge in [-0.15, -0.1) is 11.3 Å². The summed E-state index contributed by atoms with van der Waals surface area (Å²) in [6.45, 7) is 3.66. The van der Waals surface area contributed by atoms with Crippen LogP contribution in [-0.2, 0) is 4.74 Å². The molecule has 1 amide bonds. The lowest BCUT2D eigenvalue weighted by Crippen LogP contribution is -2.51. The predicted molar refractivity (Wildman–Crippen MR) is 71.3 cm³/mol. The minimum absolute atomic E-state index is 0.0563. The summed E-state index contributed by atoms with van der Waals surface area (Å²) in [7, 11) is 0. The average Bonchev–Trinajstić information content (AvgIpc) is 2.74. The summed E-state index contributed by atoms with van der Waals surface area (Å²) in [5.74, 6) is 0.0563. The van der Waals surface area contributed by atoms with Crippen LogP contribution in [0.1, 0.15) is 16.6 Å². The number of hydrogen-bond acceptors (Lipinski definition) is 4. The number of carbonyl (C=O) groups is 1. The zero-order chi connectivity index (χ0) is 12.4. The Morgan fingerprint density at radius 1 is 1.76 bits per heavy atom. The summed E-state index contributed by atoms with van der Waals surface area (Å²) >= 11 is 4.84. The molecule has 1 saturated heterocycles. The van der Waals surface area contributed by atoms with Gasteiger partial charge in [0.1, 0.15) is 4.88 Å². The number of thiophene rings is 1. The fraction of sp³-hybridized carbons (Fsp3) is 0.545. The second-order valence-corrected chi connectivity index (χ2v) is 5.89. The van der Waals surface area contributed by atoms with Gasteiger partial charge in [-0.2, -0.15) is 0 Å². The van der Waals surface area contributed by atoms with Crippen molar-refractivity contribution in [2.24, 2.45) is 5.73 Å². The van der Waals surface area contributed by atoms with E-state index in [0.717, 1.165) is 9.35 Å². The average molecular weight is 319 g/mol. The van der Waals surface area contributed by atoms with E-state index in [0.29, 0.717) is 19.7 Å². The van der Waals surface area contributed by atoms with E-state index in [9.17, 15) is 4.79 Å². The van der Waals surface area contributed by atoms with Gasteiger partial charge < -0.3 is 15.4 Å². The van der Waals surface area contributed by atoms with Crippen LogP contribution in [0, 0.1) is 0 Å². The quantitative estimate of drug-likeness (QED) is 0.903.